The SMILES string of the molecule is CCc1nccn1C1CCCN(C(=O)c2cscn2)C1. The number of amides is 1. The third-order valence-electron chi connectivity index (χ3n) is 3.79. The van der Waals surface area contributed by atoms with Gasteiger partial charge in [-0.15, -0.1) is 11.3 Å². The third kappa shape index (κ3) is 2.47. The van der Waals surface area contributed by atoms with Crippen LogP contribution in [0.25, 0.3) is 0 Å². The van der Waals surface area contributed by atoms with E-state index in [2.05, 4.69) is 21.5 Å². The second-order valence-electron chi connectivity index (χ2n) is 5.03. The Morgan fingerprint density at radius 1 is 1.50 bits per heavy atom. The molecule has 1 saturated heterocycles. The lowest BCUT2D eigenvalue weighted by atomic mass is 10.0. The Labute approximate surface area is 122 Å². The van der Waals surface area contributed by atoms with Crippen LogP contribution in [0.3, 0.4) is 0 Å². The number of thiazole rings is 1. The molecular weight excluding hydrogens is 272 g/mol. The summed E-state index contributed by atoms with van der Waals surface area (Å²) < 4.78 is 2.22. The molecule has 1 fully saturated rings. The fraction of sp³-hybridized carbons (Fsp3) is 0.500. The van der Waals surface area contributed by atoms with E-state index in [9.17, 15) is 4.79 Å². The van der Waals surface area contributed by atoms with Crippen LogP contribution in [0, 0.1) is 0 Å². The number of rotatable bonds is 3. The largest absolute Gasteiger partial charge is 0.335 e. The number of nitrogens with zero attached hydrogens (tertiary/aromatic N) is 4. The van der Waals surface area contributed by atoms with E-state index in [-0.39, 0.29) is 5.91 Å². The minimum atomic E-state index is 0.0501. The average Bonchev–Trinajstić information content (AvgIpc) is 3.17. The summed E-state index contributed by atoms with van der Waals surface area (Å²) in [6.07, 6.45) is 6.93. The summed E-state index contributed by atoms with van der Waals surface area (Å²) in [6.45, 7) is 3.68. The van der Waals surface area contributed by atoms with E-state index >= 15 is 0 Å². The Kier molecular flexibility index (Phi) is 3.82. The minimum Gasteiger partial charge on any atom is -0.335 e. The maximum absolute atomic E-state index is 12.4. The van der Waals surface area contributed by atoms with Crippen LogP contribution in [0.4, 0.5) is 0 Å². The van der Waals surface area contributed by atoms with Crippen LogP contribution in [0.15, 0.2) is 23.3 Å². The van der Waals surface area contributed by atoms with Gasteiger partial charge in [-0.25, -0.2) is 9.97 Å². The molecule has 20 heavy (non-hydrogen) atoms. The van der Waals surface area contributed by atoms with Gasteiger partial charge in [-0.1, -0.05) is 6.92 Å². The summed E-state index contributed by atoms with van der Waals surface area (Å²) in [6, 6.07) is 0.337. The predicted octanol–water partition coefficient (Wildman–Crippen LogP) is 2.38. The average molecular weight is 290 g/mol. The highest BCUT2D eigenvalue weighted by Gasteiger charge is 2.27. The van der Waals surface area contributed by atoms with E-state index in [0.29, 0.717) is 11.7 Å². The van der Waals surface area contributed by atoms with Gasteiger partial charge in [-0.05, 0) is 12.8 Å². The topological polar surface area (TPSA) is 51.0 Å². The maximum Gasteiger partial charge on any atom is 0.273 e. The number of hydrogen-bond donors (Lipinski definition) is 0. The molecule has 2 aromatic rings. The standard InChI is InChI=1S/C14H18N4OS/c1-2-13-15-5-7-18(13)11-4-3-6-17(8-11)14(19)12-9-20-10-16-12/h5,7,9-11H,2-4,6,8H2,1H3. The number of aryl methyl sites for hydroxylation is 1. The summed E-state index contributed by atoms with van der Waals surface area (Å²) in [5.74, 6) is 1.15. The first-order valence-corrected chi connectivity index (χ1v) is 7.93. The Balaban J connectivity index is 1.75. The molecule has 3 heterocycles. The van der Waals surface area contributed by atoms with Gasteiger partial charge in [0, 0.05) is 37.3 Å². The van der Waals surface area contributed by atoms with Gasteiger partial charge < -0.3 is 9.47 Å². The molecule has 1 atom stereocenters. The fourth-order valence-electron chi connectivity index (χ4n) is 2.80. The summed E-state index contributed by atoms with van der Waals surface area (Å²) in [5, 5.41) is 1.82. The van der Waals surface area contributed by atoms with Crippen LogP contribution >= 0.6 is 11.3 Å². The van der Waals surface area contributed by atoms with Crippen molar-refractivity contribution in [3.05, 3.63) is 34.8 Å². The molecule has 6 heteroatoms. The molecule has 0 aromatic carbocycles. The van der Waals surface area contributed by atoms with E-state index in [0.717, 1.165) is 38.2 Å². The second kappa shape index (κ2) is 5.75. The Morgan fingerprint density at radius 3 is 3.15 bits per heavy atom. The van der Waals surface area contributed by atoms with Gasteiger partial charge in [0.05, 0.1) is 11.6 Å². The van der Waals surface area contributed by atoms with Crippen molar-refractivity contribution in [3.8, 4) is 0 Å². The molecule has 0 N–H and O–H groups in total. The van der Waals surface area contributed by atoms with Crippen molar-refractivity contribution >= 4 is 17.2 Å². The molecule has 0 radical (unpaired) electrons. The summed E-state index contributed by atoms with van der Waals surface area (Å²) in [7, 11) is 0. The molecule has 3 rings (SSSR count). The molecule has 0 saturated carbocycles. The Hall–Kier alpha value is -1.69. The molecule has 5 nitrogen and oxygen atoms in total. The quantitative estimate of drug-likeness (QED) is 0.872. The van der Waals surface area contributed by atoms with Crippen LogP contribution < -0.4 is 0 Å². The fourth-order valence-corrected chi connectivity index (χ4v) is 3.32. The zero-order valence-electron chi connectivity index (χ0n) is 11.5. The second-order valence-corrected chi connectivity index (χ2v) is 5.74. The van der Waals surface area contributed by atoms with Crippen molar-refractivity contribution < 1.29 is 4.79 Å². The Bertz CT molecular complexity index is 578. The predicted molar refractivity (Wildman–Crippen MR) is 77.9 cm³/mol. The van der Waals surface area contributed by atoms with Crippen molar-refractivity contribution in [2.75, 3.05) is 13.1 Å². The smallest absolute Gasteiger partial charge is 0.273 e. The summed E-state index contributed by atoms with van der Waals surface area (Å²) in [4.78, 5) is 22.8. The van der Waals surface area contributed by atoms with E-state index in [4.69, 9.17) is 0 Å². The molecule has 2 aromatic heterocycles. The Morgan fingerprint density at radius 2 is 2.40 bits per heavy atom. The lowest BCUT2D eigenvalue weighted by Gasteiger charge is -2.33. The zero-order chi connectivity index (χ0) is 13.9. The van der Waals surface area contributed by atoms with Gasteiger partial charge in [0.2, 0.25) is 0 Å². The first-order chi connectivity index (χ1) is 9.79. The highest BCUT2D eigenvalue weighted by molar-refractivity contribution is 7.07. The first-order valence-electron chi connectivity index (χ1n) is 6.98. The lowest BCUT2D eigenvalue weighted by Crippen LogP contribution is -2.41. The van der Waals surface area contributed by atoms with Crippen molar-refractivity contribution in [2.45, 2.75) is 32.2 Å². The van der Waals surface area contributed by atoms with Crippen molar-refractivity contribution in [2.24, 2.45) is 0 Å². The number of piperidine rings is 1. The molecule has 1 aliphatic heterocycles. The van der Waals surface area contributed by atoms with Gasteiger partial charge in [0.25, 0.3) is 5.91 Å². The summed E-state index contributed by atoms with van der Waals surface area (Å²) >= 11 is 1.46. The van der Waals surface area contributed by atoms with Crippen LogP contribution in [-0.4, -0.2) is 38.4 Å². The molecule has 0 spiro atoms. The van der Waals surface area contributed by atoms with E-state index < -0.39 is 0 Å². The van der Waals surface area contributed by atoms with Crippen molar-refractivity contribution in [1.29, 1.82) is 0 Å². The number of imidazole rings is 1. The van der Waals surface area contributed by atoms with E-state index in [1.807, 2.05) is 22.7 Å². The number of hydrogen-bond acceptors (Lipinski definition) is 4. The van der Waals surface area contributed by atoms with Crippen LogP contribution in [-0.2, 0) is 6.42 Å². The normalized spacial score (nSPS) is 19.2. The lowest BCUT2D eigenvalue weighted by molar-refractivity contribution is 0.0673. The first kappa shape index (κ1) is 13.3. The zero-order valence-corrected chi connectivity index (χ0v) is 12.3. The molecular formula is C14H18N4OS. The molecule has 1 unspecified atom stereocenters. The van der Waals surface area contributed by atoms with Crippen molar-refractivity contribution in [3.63, 3.8) is 0 Å². The highest BCUT2D eigenvalue weighted by atomic mass is 32.1. The van der Waals surface area contributed by atoms with Crippen molar-refractivity contribution in [1.82, 2.24) is 19.4 Å². The van der Waals surface area contributed by atoms with Crippen LogP contribution in [0.5, 0.6) is 0 Å². The van der Waals surface area contributed by atoms with Gasteiger partial charge in [-0.3, -0.25) is 4.79 Å². The van der Waals surface area contributed by atoms with Gasteiger partial charge in [0.15, 0.2) is 0 Å². The maximum atomic E-state index is 12.4. The van der Waals surface area contributed by atoms with Gasteiger partial charge in [0.1, 0.15) is 11.5 Å². The molecule has 1 aliphatic rings. The third-order valence-corrected chi connectivity index (χ3v) is 4.38. The molecule has 0 bridgehead atoms. The molecule has 106 valence electrons. The van der Waals surface area contributed by atoms with Gasteiger partial charge >= 0.3 is 0 Å². The monoisotopic (exact) mass is 290 g/mol. The van der Waals surface area contributed by atoms with E-state index in [1.165, 1.54) is 11.3 Å². The number of carbonyl (C=O) groups is 1. The van der Waals surface area contributed by atoms with Crippen LogP contribution in [0.1, 0.15) is 42.1 Å². The number of carbonyl (C=O) groups excluding carboxylic acids is 1. The number of likely N-dealkylation sites (tertiary alicyclic amines) is 1. The van der Waals surface area contributed by atoms with Crippen LogP contribution in [0.2, 0.25) is 0 Å². The minimum absolute atomic E-state index is 0.0501. The molecule has 0 aliphatic carbocycles. The number of aromatic nitrogens is 3. The van der Waals surface area contributed by atoms with E-state index in [1.54, 1.807) is 5.51 Å². The van der Waals surface area contributed by atoms with Gasteiger partial charge in [-0.2, -0.15) is 0 Å². The molecule has 1 amide bonds. The summed E-state index contributed by atoms with van der Waals surface area (Å²) in [5.41, 5.74) is 2.27. The highest BCUT2D eigenvalue weighted by Crippen LogP contribution is 2.24.